The van der Waals surface area contributed by atoms with E-state index in [1.807, 2.05) is 0 Å². The lowest BCUT2D eigenvalue weighted by molar-refractivity contribution is 0.242. The SMILES string of the molecule is OC[C@H]1NC[C@@H]2C[C@@H]21. The smallest absolute Gasteiger partial charge is 0.0587 e. The number of nitrogens with one attached hydrogen (secondary N) is 1. The first-order valence-corrected chi connectivity index (χ1v) is 3.26. The zero-order valence-electron chi connectivity index (χ0n) is 4.80. The fraction of sp³-hybridized carbons (Fsp3) is 1.00. The monoisotopic (exact) mass is 113 g/mol. The molecule has 8 heavy (non-hydrogen) atoms. The van der Waals surface area contributed by atoms with Gasteiger partial charge in [0.15, 0.2) is 0 Å². The van der Waals surface area contributed by atoms with Crippen LogP contribution in [0.1, 0.15) is 6.42 Å². The summed E-state index contributed by atoms with van der Waals surface area (Å²) < 4.78 is 0. The largest absolute Gasteiger partial charge is 0.395 e. The van der Waals surface area contributed by atoms with Crippen LogP contribution in [-0.2, 0) is 0 Å². The molecule has 1 saturated heterocycles. The molecule has 0 unspecified atom stereocenters. The summed E-state index contributed by atoms with van der Waals surface area (Å²) in [4.78, 5) is 0. The lowest BCUT2D eigenvalue weighted by atomic mass is 10.2. The summed E-state index contributed by atoms with van der Waals surface area (Å²) in [5, 5.41) is 12.0. The van der Waals surface area contributed by atoms with Crippen LogP contribution in [0.15, 0.2) is 0 Å². The van der Waals surface area contributed by atoms with Crippen molar-refractivity contribution in [1.82, 2.24) is 5.32 Å². The molecule has 2 heteroatoms. The van der Waals surface area contributed by atoms with Crippen LogP contribution in [-0.4, -0.2) is 24.3 Å². The molecule has 1 aliphatic heterocycles. The van der Waals surface area contributed by atoms with E-state index in [0.717, 1.165) is 18.4 Å². The standard InChI is InChI=1S/C6H11NO/c8-3-6-5-1-4(5)2-7-6/h4-8H,1-3H2/t4-,5-,6+/m0/s1. The van der Waals surface area contributed by atoms with E-state index in [2.05, 4.69) is 5.32 Å². The van der Waals surface area contributed by atoms with Crippen molar-refractivity contribution in [3.63, 3.8) is 0 Å². The van der Waals surface area contributed by atoms with Crippen molar-refractivity contribution in [2.45, 2.75) is 12.5 Å². The van der Waals surface area contributed by atoms with Crippen LogP contribution in [0, 0.1) is 11.8 Å². The highest BCUT2D eigenvalue weighted by atomic mass is 16.3. The Labute approximate surface area is 48.9 Å². The van der Waals surface area contributed by atoms with Gasteiger partial charge in [0.25, 0.3) is 0 Å². The molecule has 1 aliphatic carbocycles. The van der Waals surface area contributed by atoms with Crippen LogP contribution in [0.4, 0.5) is 0 Å². The highest BCUT2D eigenvalue weighted by Gasteiger charge is 2.47. The summed E-state index contributed by atoms with van der Waals surface area (Å²) >= 11 is 0. The molecular weight excluding hydrogens is 102 g/mol. The molecule has 0 spiro atoms. The van der Waals surface area contributed by atoms with Crippen LogP contribution < -0.4 is 5.32 Å². The molecule has 1 heterocycles. The molecule has 2 aliphatic rings. The van der Waals surface area contributed by atoms with E-state index in [-0.39, 0.29) is 0 Å². The van der Waals surface area contributed by atoms with Gasteiger partial charge in [0, 0.05) is 6.04 Å². The van der Waals surface area contributed by atoms with Crippen LogP contribution in [0.25, 0.3) is 0 Å². The van der Waals surface area contributed by atoms with E-state index in [1.165, 1.54) is 6.42 Å². The number of hydrogen-bond acceptors (Lipinski definition) is 2. The molecule has 2 fully saturated rings. The molecule has 0 aromatic heterocycles. The lowest BCUT2D eigenvalue weighted by Gasteiger charge is -2.06. The average Bonchev–Trinajstić information content (AvgIpc) is 2.46. The Hall–Kier alpha value is -0.0800. The van der Waals surface area contributed by atoms with Crippen molar-refractivity contribution in [3.8, 4) is 0 Å². The Morgan fingerprint density at radius 2 is 2.50 bits per heavy atom. The van der Waals surface area contributed by atoms with Gasteiger partial charge in [-0.2, -0.15) is 0 Å². The highest BCUT2D eigenvalue weighted by Crippen LogP contribution is 2.44. The zero-order chi connectivity index (χ0) is 5.56. The number of rotatable bonds is 1. The summed E-state index contributed by atoms with van der Waals surface area (Å²) in [7, 11) is 0. The molecule has 2 N–H and O–H groups in total. The lowest BCUT2D eigenvalue weighted by Crippen LogP contribution is -2.29. The van der Waals surface area contributed by atoms with E-state index in [4.69, 9.17) is 5.11 Å². The van der Waals surface area contributed by atoms with Crippen LogP contribution in [0.3, 0.4) is 0 Å². The van der Waals surface area contributed by atoms with Crippen molar-refractivity contribution in [1.29, 1.82) is 0 Å². The average molecular weight is 113 g/mol. The molecule has 46 valence electrons. The molecule has 0 bridgehead atoms. The maximum Gasteiger partial charge on any atom is 0.0587 e. The van der Waals surface area contributed by atoms with Crippen LogP contribution in [0.5, 0.6) is 0 Å². The molecule has 0 amide bonds. The van der Waals surface area contributed by atoms with Crippen molar-refractivity contribution in [2.75, 3.05) is 13.2 Å². The van der Waals surface area contributed by atoms with E-state index in [9.17, 15) is 0 Å². The van der Waals surface area contributed by atoms with Gasteiger partial charge in [0.1, 0.15) is 0 Å². The summed E-state index contributed by atoms with van der Waals surface area (Å²) in [6, 6.07) is 0.444. The Morgan fingerprint density at radius 3 is 2.75 bits per heavy atom. The van der Waals surface area contributed by atoms with Crippen LogP contribution >= 0.6 is 0 Å². The number of aliphatic hydroxyl groups excluding tert-OH is 1. The van der Waals surface area contributed by atoms with Gasteiger partial charge in [0.05, 0.1) is 6.61 Å². The van der Waals surface area contributed by atoms with Crippen molar-refractivity contribution >= 4 is 0 Å². The van der Waals surface area contributed by atoms with Crippen LogP contribution in [0.2, 0.25) is 0 Å². The van der Waals surface area contributed by atoms with Gasteiger partial charge in [-0.25, -0.2) is 0 Å². The number of fused-ring (bicyclic) bond motifs is 1. The molecule has 3 atom stereocenters. The van der Waals surface area contributed by atoms with E-state index >= 15 is 0 Å². The second-order valence-electron chi connectivity index (χ2n) is 2.86. The maximum atomic E-state index is 8.70. The van der Waals surface area contributed by atoms with Crippen molar-refractivity contribution in [2.24, 2.45) is 11.8 Å². The Bertz CT molecular complexity index is 105. The fourth-order valence-corrected chi connectivity index (χ4v) is 1.65. The summed E-state index contributed by atoms with van der Waals surface area (Å²) in [5.41, 5.74) is 0. The predicted molar refractivity (Wildman–Crippen MR) is 30.5 cm³/mol. The second-order valence-corrected chi connectivity index (χ2v) is 2.86. The molecule has 2 nitrogen and oxygen atoms in total. The molecule has 0 radical (unpaired) electrons. The molecule has 0 aromatic carbocycles. The third-order valence-corrected chi connectivity index (χ3v) is 2.33. The van der Waals surface area contributed by atoms with E-state index in [0.29, 0.717) is 12.6 Å². The molecule has 1 saturated carbocycles. The summed E-state index contributed by atoms with van der Waals surface area (Å²) in [6.45, 7) is 1.48. The van der Waals surface area contributed by atoms with Crippen molar-refractivity contribution < 1.29 is 5.11 Å². The van der Waals surface area contributed by atoms with Crippen molar-refractivity contribution in [3.05, 3.63) is 0 Å². The molecule has 0 aromatic rings. The summed E-state index contributed by atoms with van der Waals surface area (Å²) in [6.07, 6.45) is 1.36. The first-order chi connectivity index (χ1) is 3.92. The number of aliphatic hydroxyl groups is 1. The first-order valence-electron chi connectivity index (χ1n) is 3.26. The first kappa shape index (κ1) is 4.77. The normalized spacial score (nSPS) is 51.4. The van der Waals surface area contributed by atoms with Gasteiger partial charge < -0.3 is 10.4 Å². The third kappa shape index (κ3) is 0.501. The summed E-state index contributed by atoms with van der Waals surface area (Å²) in [5.74, 6) is 1.76. The Balaban J connectivity index is 1.97. The minimum Gasteiger partial charge on any atom is -0.395 e. The van der Waals surface area contributed by atoms with Gasteiger partial charge in [-0.15, -0.1) is 0 Å². The second kappa shape index (κ2) is 1.45. The minimum atomic E-state index is 0.334. The maximum absolute atomic E-state index is 8.70. The van der Waals surface area contributed by atoms with Gasteiger partial charge >= 0.3 is 0 Å². The Kier molecular flexibility index (Phi) is 0.866. The minimum absolute atomic E-state index is 0.334. The number of hydrogen-bond donors (Lipinski definition) is 2. The van der Waals surface area contributed by atoms with Gasteiger partial charge in [-0.05, 0) is 24.8 Å². The topological polar surface area (TPSA) is 32.3 Å². The molecular formula is C6H11NO. The van der Waals surface area contributed by atoms with Gasteiger partial charge in [-0.3, -0.25) is 0 Å². The van der Waals surface area contributed by atoms with E-state index in [1.54, 1.807) is 0 Å². The third-order valence-electron chi connectivity index (χ3n) is 2.33. The quantitative estimate of drug-likeness (QED) is 0.484. The highest BCUT2D eigenvalue weighted by molar-refractivity contribution is 5.01. The predicted octanol–water partition coefficient (Wildman–Crippen LogP) is -0.413. The fourth-order valence-electron chi connectivity index (χ4n) is 1.65. The number of piperidine rings is 1. The van der Waals surface area contributed by atoms with Gasteiger partial charge in [0.2, 0.25) is 0 Å². The van der Waals surface area contributed by atoms with Gasteiger partial charge in [-0.1, -0.05) is 0 Å². The molecule has 2 rings (SSSR count). The Morgan fingerprint density at radius 1 is 1.62 bits per heavy atom. The zero-order valence-corrected chi connectivity index (χ0v) is 4.80. The van der Waals surface area contributed by atoms with E-state index < -0.39 is 0 Å².